The summed E-state index contributed by atoms with van der Waals surface area (Å²) in [6, 6.07) is 13.8. The molecule has 0 aliphatic heterocycles. The van der Waals surface area contributed by atoms with Gasteiger partial charge in [0.15, 0.2) is 0 Å². The maximum absolute atomic E-state index is 13.3. The van der Waals surface area contributed by atoms with E-state index in [1.807, 2.05) is 31.2 Å². The predicted molar refractivity (Wildman–Crippen MR) is 121 cm³/mol. The molecular weight excluding hydrogens is 407 g/mol. The summed E-state index contributed by atoms with van der Waals surface area (Å²) in [4.78, 5) is 25.3. The quantitative estimate of drug-likeness (QED) is 0.612. The molecule has 1 saturated carbocycles. The Balaban J connectivity index is 1.53. The fraction of sp³-hybridized carbons (Fsp3) is 0.320. The van der Waals surface area contributed by atoms with Crippen molar-refractivity contribution in [2.45, 2.75) is 45.1 Å². The molecule has 32 heavy (non-hydrogen) atoms. The average Bonchev–Trinajstić information content (AvgIpc) is 3.25. The highest BCUT2D eigenvalue weighted by atomic mass is 19.1. The maximum atomic E-state index is 13.3. The Morgan fingerprint density at radius 2 is 1.72 bits per heavy atom. The number of halogens is 1. The molecule has 0 bridgehead atoms. The minimum Gasteiger partial charge on any atom is -0.352 e. The SMILES string of the molecule is Cc1ccc(-c2nn(-c3ccc(F)cc3)cc2C(=O)NCC(=O)NC2CCCCC2)cc1. The van der Waals surface area contributed by atoms with Gasteiger partial charge in [-0.15, -0.1) is 0 Å². The van der Waals surface area contributed by atoms with Crippen molar-refractivity contribution in [1.29, 1.82) is 0 Å². The Hall–Kier alpha value is -3.48. The average molecular weight is 435 g/mol. The van der Waals surface area contributed by atoms with Crippen molar-refractivity contribution in [2.75, 3.05) is 6.54 Å². The van der Waals surface area contributed by atoms with Gasteiger partial charge in [-0.3, -0.25) is 9.59 Å². The van der Waals surface area contributed by atoms with E-state index in [2.05, 4.69) is 15.7 Å². The van der Waals surface area contributed by atoms with Gasteiger partial charge >= 0.3 is 0 Å². The summed E-state index contributed by atoms with van der Waals surface area (Å²) < 4.78 is 14.9. The van der Waals surface area contributed by atoms with Crippen molar-refractivity contribution in [3.05, 3.63) is 71.7 Å². The van der Waals surface area contributed by atoms with Crippen LogP contribution < -0.4 is 10.6 Å². The van der Waals surface area contributed by atoms with Crippen LogP contribution in [0.3, 0.4) is 0 Å². The van der Waals surface area contributed by atoms with Gasteiger partial charge in [0, 0.05) is 17.8 Å². The number of amides is 2. The van der Waals surface area contributed by atoms with E-state index in [4.69, 9.17) is 0 Å². The van der Waals surface area contributed by atoms with E-state index in [0.29, 0.717) is 16.9 Å². The number of carbonyl (C=O) groups excluding carboxylic acids is 2. The van der Waals surface area contributed by atoms with E-state index >= 15 is 0 Å². The number of aryl methyl sites for hydroxylation is 1. The van der Waals surface area contributed by atoms with Crippen LogP contribution in [-0.2, 0) is 4.79 Å². The van der Waals surface area contributed by atoms with Crippen LogP contribution in [0, 0.1) is 12.7 Å². The van der Waals surface area contributed by atoms with Crippen LogP contribution >= 0.6 is 0 Å². The van der Waals surface area contributed by atoms with Gasteiger partial charge in [-0.05, 0) is 44.0 Å². The first-order valence-electron chi connectivity index (χ1n) is 11.0. The van der Waals surface area contributed by atoms with E-state index in [0.717, 1.165) is 36.8 Å². The van der Waals surface area contributed by atoms with Crippen molar-refractivity contribution in [1.82, 2.24) is 20.4 Å². The summed E-state index contributed by atoms with van der Waals surface area (Å²) in [6.07, 6.45) is 7.04. The smallest absolute Gasteiger partial charge is 0.255 e. The third-order valence-electron chi connectivity index (χ3n) is 5.75. The van der Waals surface area contributed by atoms with Gasteiger partial charge in [0.25, 0.3) is 5.91 Å². The van der Waals surface area contributed by atoms with Gasteiger partial charge in [0.1, 0.15) is 11.5 Å². The lowest BCUT2D eigenvalue weighted by Gasteiger charge is -2.22. The van der Waals surface area contributed by atoms with Crippen LogP contribution in [0.15, 0.2) is 54.7 Å². The van der Waals surface area contributed by atoms with E-state index in [1.54, 1.807) is 23.0 Å². The molecule has 0 atom stereocenters. The molecule has 7 heteroatoms. The zero-order valence-electron chi connectivity index (χ0n) is 18.1. The highest BCUT2D eigenvalue weighted by Gasteiger charge is 2.20. The van der Waals surface area contributed by atoms with Crippen molar-refractivity contribution in [3.8, 4) is 16.9 Å². The van der Waals surface area contributed by atoms with Gasteiger partial charge in [0.2, 0.25) is 5.91 Å². The van der Waals surface area contributed by atoms with Gasteiger partial charge in [-0.1, -0.05) is 49.1 Å². The Morgan fingerprint density at radius 3 is 2.41 bits per heavy atom. The maximum Gasteiger partial charge on any atom is 0.255 e. The second-order valence-electron chi connectivity index (χ2n) is 8.26. The summed E-state index contributed by atoms with van der Waals surface area (Å²) in [5.41, 5.74) is 3.36. The number of hydrogen-bond acceptors (Lipinski definition) is 3. The zero-order chi connectivity index (χ0) is 22.5. The van der Waals surface area contributed by atoms with E-state index in [1.165, 1.54) is 18.6 Å². The Bertz CT molecular complexity index is 1080. The van der Waals surface area contributed by atoms with Gasteiger partial charge in [0.05, 0.1) is 17.8 Å². The molecule has 0 unspecified atom stereocenters. The molecular formula is C25H27FN4O2. The van der Waals surface area contributed by atoms with Crippen LogP contribution in [0.5, 0.6) is 0 Å². The van der Waals surface area contributed by atoms with Crippen molar-refractivity contribution in [2.24, 2.45) is 0 Å². The topological polar surface area (TPSA) is 76.0 Å². The minimum atomic E-state index is -0.382. The first-order chi connectivity index (χ1) is 15.5. The molecule has 1 aromatic heterocycles. The molecule has 6 nitrogen and oxygen atoms in total. The molecule has 1 aliphatic rings. The summed E-state index contributed by atoms with van der Waals surface area (Å²) in [5, 5.41) is 10.3. The molecule has 2 aromatic carbocycles. The molecule has 0 radical (unpaired) electrons. The number of aromatic nitrogens is 2. The fourth-order valence-electron chi connectivity index (χ4n) is 3.97. The molecule has 2 amide bonds. The second kappa shape index (κ2) is 9.77. The van der Waals surface area contributed by atoms with Crippen LogP contribution in [-0.4, -0.2) is 34.2 Å². The molecule has 1 heterocycles. The van der Waals surface area contributed by atoms with Crippen LogP contribution in [0.25, 0.3) is 16.9 Å². The monoisotopic (exact) mass is 434 g/mol. The summed E-state index contributed by atoms with van der Waals surface area (Å²) in [7, 11) is 0. The number of nitrogens with zero attached hydrogens (tertiary/aromatic N) is 2. The lowest BCUT2D eigenvalue weighted by atomic mass is 9.95. The molecule has 2 N–H and O–H groups in total. The Kier molecular flexibility index (Phi) is 6.63. The minimum absolute atomic E-state index is 0.0929. The largest absolute Gasteiger partial charge is 0.352 e. The van der Waals surface area contributed by atoms with Gasteiger partial charge < -0.3 is 10.6 Å². The van der Waals surface area contributed by atoms with Crippen molar-refractivity contribution >= 4 is 11.8 Å². The Morgan fingerprint density at radius 1 is 1.03 bits per heavy atom. The number of hydrogen-bond donors (Lipinski definition) is 2. The van der Waals surface area contributed by atoms with Crippen molar-refractivity contribution < 1.29 is 14.0 Å². The van der Waals surface area contributed by atoms with Gasteiger partial charge in [-0.25, -0.2) is 9.07 Å². The zero-order valence-corrected chi connectivity index (χ0v) is 18.1. The molecule has 0 spiro atoms. The van der Waals surface area contributed by atoms with E-state index in [-0.39, 0.29) is 30.2 Å². The molecule has 1 fully saturated rings. The highest BCUT2D eigenvalue weighted by Crippen LogP contribution is 2.24. The fourth-order valence-corrected chi connectivity index (χ4v) is 3.97. The predicted octanol–water partition coefficient (Wildman–Crippen LogP) is 4.17. The van der Waals surface area contributed by atoms with Crippen LogP contribution in [0.2, 0.25) is 0 Å². The van der Waals surface area contributed by atoms with E-state index in [9.17, 15) is 14.0 Å². The number of carbonyl (C=O) groups is 2. The lowest BCUT2D eigenvalue weighted by Crippen LogP contribution is -2.42. The highest BCUT2D eigenvalue weighted by molar-refractivity contribution is 6.01. The molecule has 3 aromatic rings. The van der Waals surface area contributed by atoms with E-state index < -0.39 is 0 Å². The van der Waals surface area contributed by atoms with Crippen LogP contribution in [0.1, 0.15) is 48.0 Å². The van der Waals surface area contributed by atoms with Gasteiger partial charge in [-0.2, -0.15) is 5.10 Å². The molecule has 4 rings (SSSR count). The Labute approximate surface area is 186 Å². The van der Waals surface area contributed by atoms with Crippen molar-refractivity contribution in [3.63, 3.8) is 0 Å². The summed E-state index contributed by atoms with van der Waals surface area (Å²) >= 11 is 0. The molecule has 1 aliphatic carbocycles. The summed E-state index contributed by atoms with van der Waals surface area (Å²) in [5.74, 6) is -0.914. The number of benzene rings is 2. The second-order valence-corrected chi connectivity index (χ2v) is 8.26. The third kappa shape index (κ3) is 5.22. The summed E-state index contributed by atoms with van der Waals surface area (Å²) in [6.45, 7) is 1.89. The molecule has 0 saturated heterocycles. The number of rotatable bonds is 6. The normalized spacial score (nSPS) is 14.2. The standard InChI is InChI=1S/C25H27FN4O2/c1-17-7-9-18(10-8-17)24-22(16-30(29-24)21-13-11-19(26)12-14-21)25(32)27-15-23(31)28-20-5-3-2-4-6-20/h7-14,16,20H,2-6,15H2,1H3,(H,27,32)(H,28,31). The third-order valence-corrected chi connectivity index (χ3v) is 5.75. The first-order valence-corrected chi connectivity index (χ1v) is 11.0. The molecule has 166 valence electrons. The first kappa shape index (κ1) is 21.7. The lowest BCUT2D eigenvalue weighted by molar-refractivity contribution is -0.121. The van der Waals surface area contributed by atoms with Crippen LogP contribution in [0.4, 0.5) is 4.39 Å². The number of nitrogens with one attached hydrogen (secondary N) is 2.